The van der Waals surface area contributed by atoms with E-state index < -0.39 is 24.1 Å². The van der Waals surface area contributed by atoms with Crippen molar-refractivity contribution < 1.29 is 28.5 Å². The molecule has 0 N–H and O–H groups in total. The fourth-order valence-electron chi connectivity index (χ4n) is 2.69. The molecule has 0 saturated heterocycles. The molecule has 0 aromatic heterocycles. The lowest BCUT2D eigenvalue weighted by Gasteiger charge is -2.31. The van der Waals surface area contributed by atoms with Crippen LogP contribution in [0.5, 0.6) is 0 Å². The van der Waals surface area contributed by atoms with Gasteiger partial charge in [-0.05, 0) is 12.0 Å². The van der Waals surface area contributed by atoms with Crippen LogP contribution in [0.3, 0.4) is 0 Å². The summed E-state index contributed by atoms with van der Waals surface area (Å²) in [5.41, 5.74) is 1.09. The van der Waals surface area contributed by atoms with Gasteiger partial charge in [0.15, 0.2) is 0 Å². The van der Waals surface area contributed by atoms with Crippen LogP contribution in [0.25, 0.3) is 0 Å². The molecule has 0 amide bonds. The summed E-state index contributed by atoms with van der Waals surface area (Å²) in [5, 5.41) is 0. The van der Waals surface area contributed by atoms with Crippen molar-refractivity contribution in [3.63, 3.8) is 0 Å². The highest BCUT2D eigenvalue weighted by atomic mass is 16.6. The van der Waals surface area contributed by atoms with Crippen molar-refractivity contribution in [2.24, 2.45) is 0 Å². The van der Waals surface area contributed by atoms with E-state index in [-0.39, 0.29) is 12.7 Å². The fourth-order valence-corrected chi connectivity index (χ4v) is 2.69. The van der Waals surface area contributed by atoms with Crippen molar-refractivity contribution >= 4 is 11.9 Å². The Labute approximate surface area is 154 Å². The second-order valence-electron chi connectivity index (χ2n) is 6.19. The van der Waals surface area contributed by atoms with E-state index in [1.807, 2.05) is 42.5 Å². The molecule has 142 valence electrons. The number of benzene rings is 1. The number of esters is 2. The van der Waals surface area contributed by atoms with Gasteiger partial charge in [0.2, 0.25) is 0 Å². The Bertz CT molecular complexity index is 598. The average molecular weight is 362 g/mol. The first-order valence-electron chi connectivity index (χ1n) is 8.77. The summed E-state index contributed by atoms with van der Waals surface area (Å²) in [5.74, 6) is -0.790. The van der Waals surface area contributed by atoms with E-state index in [1.54, 1.807) is 0 Å². The van der Waals surface area contributed by atoms with E-state index in [1.165, 1.54) is 13.8 Å². The van der Waals surface area contributed by atoms with Gasteiger partial charge in [-0.1, -0.05) is 42.5 Å². The van der Waals surface area contributed by atoms with Crippen LogP contribution in [0.1, 0.15) is 32.3 Å². The number of rotatable bonds is 7. The summed E-state index contributed by atoms with van der Waals surface area (Å²) >= 11 is 0. The molecule has 0 saturated carbocycles. The van der Waals surface area contributed by atoms with Crippen LogP contribution in [0.4, 0.5) is 0 Å². The Morgan fingerprint density at radius 3 is 2.46 bits per heavy atom. The summed E-state index contributed by atoms with van der Waals surface area (Å²) in [4.78, 5) is 22.5. The maximum Gasteiger partial charge on any atom is 0.303 e. The SMILES string of the molecule is CC(=O)OC[C@H]1O[C@@H](COCc2ccccc2)C/C=C\C[C@H]1OC(C)=O. The van der Waals surface area contributed by atoms with Crippen LogP contribution in [0, 0.1) is 0 Å². The predicted octanol–water partition coefficient (Wildman–Crippen LogP) is 2.80. The second-order valence-corrected chi connectivity index (χ2v) is 6.19. The summed E-state index contributed by atoms with van der Waals surface area (Å²) in [7, 11) is 0. The maximum absolute atomic E-state index is 11.4. The largest absolute Gasteiger partial charge is 0.463 e. The third-order valence-electron chi connectivity index (χ3n) is 3.90. The molecule has 0 bridgehead atoms. The highest BCUT2D eigenvalue weighted by Crippen LogP contribution is 2.19. The lowest BCUT2D eigenvalue weighted by Crippen LogP contribution is -2.41. The molecule has 0 fully saturated rings. The lowest BCUT2D eigenvalue weighted by molar-refractivity contribution is -0.171. The molecule has 6 heteroatoms. The quantitative estimate of drug-likeness (QED) is 0.549. The number of carbonyl (C=O) groups excluding carboxylic acids is 2. The zero-order chi connectivity index (χ0) is 18.8. The van der Waals surface area contributed by atoms with E-state index >= 15 is 0 Å². The molecule has 6 nitrogen and oxygen atoms in total. The van der Waals surface area contributed by atoms with Crippen molar-refractivity contribution in [1.82, 2.24) is 0 Å². The topological polar surface area (TPSA) is 71.1 Å². The van der Waals surface area contributed by atoms with Gasteiger partial charge in [-0.25, -0.2) is 0 Å². The molecule has 26 heavy (non-hydrogen) atoms. The first kappa shape index (κ1) is 20.1. The van der Waals surface area contributed by atoms with E-state index in [9.17, 15) is 9.59 Å². The second kappa shape index (κ2) is 10.7. The highest BCUT2D eigenvalue weighted by Gasteiger charge is 2.29. The molecule has 1 aromatic rings. The standard InChI is InChI=1S/C20H26O6/c1-15(21)24-14-20-19(25-16(2)22)11-7-6-10-18(26-20)13-23-12-17-8-4-3-5-9-17/h3-9,18-20H,10-14H2,1-2H3/b7-6-/t18-,19-,20-/m1/s1. The molecular formula is C20H26O6. The van der Waals surface area contributed by atoms with Crippen molar-refractivity contribution in [3.8, 4) is 0 Å². The van der Waals surface area contributed by atoms with Crippen LogP contribution < -0.4 is 0 Å². The number of ether oxygens (including phenoxy) is 4. The molecule has 0 spiro atoms. The minimum atomic E-state index is -0.530. The fraction of sp³-hybridized carbons (Fsp3) is 0.500. The number of hydrogen-bond donors (Lipinski definition) is 0. The van der Waals surface area contributed by atoms with Gasteiger partial charge in [0.05, 0.1) is 19.3 Å². The zero-order valence-corrected chi connectivity index (χ0v) is 15.3. The van der Waals surface area contributed by atoms with Gasteiger partial charge in [-0.15, -0.1) is 0 Å². The van der Waals surface area contributed by atoms with E-state index in [4.69, 9.17) is 18.9 Å². The van der Waals surface area contributed by atoms with Crippen molar-refractivity contribution in [2.75, 3.05) is 13.2 Å². The van der Waals surface area contributed by atoms with Crippen LogP contribution in [-0.4, -0.2) is 43.5 Å². The molecule has 1 aliphatic rings. The summed E-state index contributed by atoms with van der Waals surface area (Å²) in [6.45, 7) is 3.61. The Hall–Kier alpha value is -2.18. The summed E-state index contributed by atoms with van der Waals surface area (Å²) in [6, 6.07) is 9.89. The van der Waals surface area contributed by atoms with Gasteiger partial charge in [-0.3, -0.25) is 9.59 Å². The highest BCUT2D eigenvalue weighted by molar-refractivity contribution is 5.66. The molecular weight excluding hydrogens is 336 g/mol. The van der Waals surface area contributed by atoms with Gasteiger partial charge in [0.25, 0.3) is 0 Å². The molecule has 3 atom stereocenters. The van der Waals surface area contributed by atoms with Crippen LogP contribution in [-0.2, 0) is 35.1 Å². The van der Waals surface area contributed by atoms with Crippen LogP contribution in [0.2, 0.25) is 0 Å². The molecule has 0 aliphatic carbocycles. The van der Waals surface area contributed by atoms with Crippen molar-refractivity contribution in [3.05, 3.63) is 48.0 Å². The number of carbonyl (C=O) groups is 2. The van der Waals surface area contributed by atoms with Gasteiger partial charge in [0, 0.05) is 20.3 Å². The van der Waals surface area contributed by atoms with Gasteiger partial charge >= 0.3 is 11.9 Å². The maximum atomic E-state index is 11.4. The van der Waals surface area contributed by atoms with Crippen molar-refractivity contribution in [1.29, 1.82) is 0 Å². The molecule has 1 heterocycles. The van der Waals surface area contributed by atoms with Gasteiger partial charge < -0.3 is 18.9 Å². The third-order valence-corrected chi connectivity index (χ3v) is 3.90. The normalized spacial score (nSPS) is 24.2. The Balaban J connectivity index is 1.95. The summed E-state index contributed by atoms with van der Waals surface area (Å²) in [6.07, 6.45) is 3.91. The van der Waals surface area contributed by atoms with E-state index in [0.29, 0.717) is 26.1 Å². The molecule has 0 unspecified atom stereocenters. The van der Waals surface area contributed by atoms with Crippen LogP contribution >= 0.6 is 0 Å². The summed E-state index contributed by atoms with van der Waals surface area (Å²) < 4.78 is 22.3. The van der Waals surface area contributed by atoms with E-state index in [0.717, 1.165) is 5.56 Å². The minimum absolute atomic E-state index is 0.0380. The lowest BCUT2D eigenvalue weighted by atomic mass is 10.1. The first-order chi connectivity index (χ1) is 12.5. The van der Waals surface area contributed by atoms with Gasteiger partial charge in [0.1, 0.15) is 18.8 Å². The molecule has 1 aliphatic heterocycles. The smallest absolute Gasteiger partial charge is 0.303 e. The Morgan fingerprint density at radius 2 is 1.77 bits per heavy atom. The Kier molecular flexibility index (Phi) is 8.31. The van der Waals surface area contributed by atoms with Gasteiger partial charge in [-0.2, -0.15) is 0 Å². The van der Waals surface area contributed by atoms with Crippen LogP contribution in [0.15, 0.2) is 42.5 Å². The van der Waals surface area contributed by atoms with Crippen molar-refractivity contribution in [2.45, 2.75) is 51.6 Å². The third kappa shape index (κ3) is 7.37. The zero-order valence-electron chi connectivity index (χ0n) is 15.3. The predicted molar refractivity (Wildman–Crippen MR) is 95.3 cm³/mol. The Morgan fingerprint density at radius 1 is 1.04 bits per heavy atom. The molecule has 1 aromatic carbocycles. The molecule has 0 radical (unpaired) electrons. The monoisotopic (exact) mass is 362 g/mol. The first-order valence-corrected chi connectivity index (χ1v) is 8.77. The molecule has 2 rings (SSSR count). The van der Waals surface area contributed by atoms with E-state index in [2.05, 4.69) is 0 Å². The minimum Gasteiger partial charge on any atom is -0.463 e. The average Bonchev–Trinajstić information content (AvgIpc) is 2.59. The number of hydrogen-bond acceptors (Lipinski definition) is 6.